The molecule has 2 amide bonds. The number of anilines is 1. The number of fused-ring (bicyclic) bond motifs is 1. The van der Waals surface area contributed by atoms with Gasteiger partial charge in [0.1, 0.15) is 5.67 Å². The first-order valence-corrected chi connectivity index (χ1v) is 8.53. The predicted octanol–water partition coefficient (Wildman–Crippen LogP) is 3.13. The van der Waals surface area contributed by atoms with Gasteiger partial charge in [0.05, 0.1) is 12.5 Å². The highest BCUT2D eigenvalue weighted by Gasteiger charge is 2.38. The fourth-order valence-electron chi connectivity index (χ4n) is 3.63. The summed E-state index contributed by atoms with van der Waals surface area (Å²) in [6.07, 6.45) is 2.86. The summed E-state index contributed by atoms with van der Waals surface area (Å²) in [5.74, 6) is -1.32. The first kappa shape index (κ1) is 16.7. The zero-order valence-electron chi connectivity index (χ0n) is 13.6. The number of carboxylic acids is 1. The van der Waals surface area contributed by atoms with Gasteiger partial charge in [-0.3, -0.25) is 9.69 Å². The van der Waals surface area contributed by atoms with E-state index >= 15 is 0 Å². The molecule has 5 nitrogen and oxygen atoms in total. The van der Waals surface area contributed by atoms with Gasteiger partial charge < -0.3 is 10.4 Å². The number of hydrogen-bond donors (Lipinski definition) is 2. The van der Waals surface area contributed by atoms with E-state index in [1.165, 1.54) is 0 Å². The van der Waals surface area contributed by atoms with Gasteiger partial charge in [-0.1, -0.05) is 18.2 Å². The molecule has 0 spiro atoms. The molecule has 1 saturated carbocycles. The number of carbonyl (C=O) groups is 2. The van der Waals surface area contributed by atoms with Crippen molar-refractivity contribution in [3.05, 3.63) is 29.8 Å². The number of rotatable bonds is 3. The number of alkyl halides is 1. The smallest absolute Gasteiger partial charge is 0.321 e. The van der Waals surface area contributed by atoms with Crippen LogP contribution in [0.3, 0.4) is 0 Å². The number of para-hydroxylation sites is 1. The molecule has 1 fully saturated rings. The number of aliphatic carboxylic acids is 1. The molecule has 0 unspecified atom stereocenters. The molecule has 1 heterocycles. The van der Waals surface area contributed by atoms with Crippen molar-refractivity contribution in [2.24, 2.45) is 5.92 Å². The quantitative estimate of drug-likeness (QED) is 0.892. The lowest BCUT2D eigenvalue weighted by molar-refractivity contribution is -0.143. The molecule has 3 rings (SSSR count). The Balaban J connectivity index is 1.58. The third-order valence-corrected chi connectivity index (χ3v) is 5.14. The summed E-state index contributed by atoms with van der Waals surface area (Å²) in [6, 6.07) is 7.50. The minimum absolute atomic E-state index is 0.0587. The van der Waals surface area contributed by atoms with E-state index in [9.17, 15) is 14.0 Å². The number of carbonyl (C=O) groups excluding carboxylic acids is 1. The minimum Gasteiger partial charge on any atom is -0.481 e. The van der Waals surface area contributed by atoms with Crippen molar-refractivity contribution < 1.29 is 19.1 Å². The van der Waals surface area contributed by atoms with Crippen LogP contribution in [0.2, 0.25) is 0 Å². The molecule has 0 saturated heterocycles. The molecule has 2 N–H and O–H groups in total. The Hall–Kier alpha value is -2.11. The number of nitrogens with one attached hydrogen (secondary N) is 1. The van der Waals surface area contributed by atoms with Crippen LogP contribution in [0.5, 0.6) is 0 Å². The Kier molecular flexibility index (Phi) is 4.73. The Morgan fingerprint density at radius 3 is 2.71 bits per heavy atom. The van der Waals surface area contributed by atoms with Gasteiger partial charge in [0.25, 0.3) is 0 Å². The van der Waals surface area contributed by atoms with Crippen LogP contribution in [0, 0.1) is 5.92 Å². The first-order valence-electron chi connectivity index (χ1n) is 8.53. The summed E-state index contributed by atoms with van der Waals surface area (Å²) < 4.78 is 14.8. The van der Waals surface area contributed by atoms with Gasteiger partial charge in [-0.05, 0) is 50.2 Å². The van der Waals surface area contributed by atoms with E-state index in [0.29, 0.717) is 19.4 Å². The average molecular weight is 334 g/mol. The lowest BCUT2D eigenvalue weighted by Gasteiger charge is -2.34. The molecule has 0 bridgehead atoms. The van der Waals surface area contributed by atoms with E-state index in [1.54, 1.807) is 4.90 Å². The zero-order chi connectivity index (χ0) is 17.2. The van der Waals surface area contributed by atoms with Gasteiger partial charge in [0.2, 0.25) is 0 Å². The van der Waals surface area contributed by atoms with Crippen LogP contribution < -0.4 is 10.2 Å². The summed E-state index contributed by atoms with van der Waals surface area (Å²) in [6.45, 7) is 0.570. The summed E-state index contributed by atoms with van der Waals surface area (Å²) in [4.78, 5) is 25.1. The molecule has 1 aliphatic carbocycles. The molecule has 0 radical (unpaired) electrons. The van der Waals surface area contributed by atoms with E-state index in [-0.39, 0.29) is 25.4 Å². The second-order valence-corrected chi connectivity index (χ2v) is 6.81. The van der Waals surface area contributed by atoms with Gasteiger partial charge in [-0.25, -0.2) is 9.18 Å². The van der Waals surface area contributed by atoms with Crippen LogP contribution in [0.4, 0.5) is 14.9 Å². The SMILES string of the molecule is O=C(O)C1CCC(F)(CNC(=O)N2CCCc3ccccc32)CC1. The number of hydrogen-bond acceptors (Lipinski definition) is 2. The van der Waals surface area contributed by atoms with Crippen LogP contribution in [-0.4, -0.2) is 35.9 Å². The lowest BCUT2D eigenvalue weighted by Crippen LogP contribution is -2.49. The molecule has 0 atom stereocenters. The minimum atomic E-state index is -1.50. The second kappa shape index (κ2) is 6.79. The number of nitrogens with zero attached hydrogens (tertiary/aromatic N) is 1. The van der Waals surface area contributed by atoms with E-state index in [1.807, 2.05) is 24.3 Å². The summed E-state index contributed by atoms with van der Waals surface area (Å²) in [7, 11) is 0. The monoisotopic (exact) mass is 334 g/mol. The topological polar surface area (TPSA) is 69.6 Å². The fraction of sp³-hybridized carbons (Fsp3) is 0.556. The van der Waals surface area contributed by atoms with Crippen LogP contribution in [0.25, 0.3) is 0 Å². The van der Waals surface area contributed by atoms with Crippen molar-refractivity contribution in [3.8, 4) is 0 Å². The largest absolute Gasteiger partial charge is 0.481 e. The van der Waals surface area contributed by atoms with Crippen molar-refractivity contribution in [2.45, 2.75) is 44.2 Å². The highest BCUT2D eigenvalue weighted by molar-refractivity contribution is 5.93. The van der Waals surface area contributed by atoms with Gasteiger partial charge in [-0.15, -0.1) is 0 Å². The molecule has 1 aromatic carbocycles. The van der Waals surface area contributed by atoms with E-state index < -0.39 is 17.6 Å². The Morgan fingerprint density at radius 2 is 2.00 bits per heavy atom. The van der Waals surface area contributed by atoms with Gasteiger partial charge >= 0.3 is 12.0 Å². The lowest BCUT2D eigenvalue weighted by atomic mass is 9.80. The number of urea groups is 1. The van der Waals surface area contributed by atoms with Gasteiger partial charge in [0.15, 0.2) is 0 Å². The zero-order valence-corrected chi connectivity index (χ0v) is 13.6. The standard InChI is InChI=1S/C18H23FN2O3/c19-18(9-7-14(8-10-18)16(22)23)12-20-17(24)21-11-3-5-13-4-1-2-6-15(13)21/h1-2,4,6,14H,3,5,7-12H2,(H,20,24)(H,22,23). The molecule has 0 aromatic heterocycles. The molecule has 1 aliphatic heterocycles. The number of aryl methyl sites for hydroxylation is 1. The molecule has 130 valence electrons. The average Bonchev–Trinajstić information content (AvgIpc) is 2.59. The number of benzene rings is 1. The van der Waals surface area contributed by atoms with Crippen molar-refractivity contribution in [1.82, 2.24) is 5.32 Å². The molecule has 2 aliphatic rings. The summed E-state index contributed by atoms with van der Waals surface area (Å²) in [5.41, 5.74) is 0.524. The summed E-state index contributed by atoms with van der Waals surface area (Å²) in [5, 5.41) is 11.7. The van der Waals surface area contributed by atoms with Crippen LogP contribution in [0.1, 0.15) is 37.7 Å². The highest BCUT2D eigenvalue weighted by atomic mass is 19.1. The Morgan fingerprint density at radius 1 is 1.29 bits per heavy atom. The molecule has 1 aromatic rings. The normalized spacial score (nSPS) is 26.5. The van der Waals surface area contributed by atoms with E-state index in [2.05, 4.69) is 5.32 Å². The molecular formula is C18H23FN2O3. The molecule has 24 heavy (non-hydrogen) atoms. The first-order chi connectivity index (χ1) is 11.5. The van der Waals surface area contributed by atoms with Gasteiger partial charge in [-0.2, -0.15) is 0 Å². The highest BCUT2D eigenvalue weighted by Crippen LogP contribution is 2.35. The van der Waals surface area contributed by atoms with Crippen LogP contribution in [-0.2, 0) is 11.2 Å². The van der Waals surface area contributed by atoms with E-state index in [0.717, 1.165) is 24.1 Å². The Labute approximate surface area is 140 Å². The molecule has 6 heteroatoms. The maximum Gasteiger partial charge on any atom is 0.321 e. The van der Waals surface area contributed by atoms with Crippen LogP contribution in [0.15, 0.2) is 24.3 Å². The van der Waals surface area contributed by atoms with Crippen molar-refractivity contribution in [3.63, 3.8) is 0 Å². The van der Waals surface area contributed by atoms with E-state index in [4.69, 9.17) is 5.11 Å². The number of halogens is 1. The van der Waals surface area contributed by atoms with Gasteiger partial charge in [0, 0.05) is 12.2 Å². The van der Waals surface area contributed by atoms with Crippen molar-refractivity contribution >= 4 is 17.7 Å². The molecular weight excluding hydrogens is 311 g/mol. The summed E-state index contributed by atoms with van der Waals surface area (Å²) >= 11 is 0. The van der Waals surface area contributed by atoms with Crippen molar-refractivity contribution in [1.29, 1.82) is 0 Å². The predicted molar refractivity (Wildman–Crippen MR) is 88.9 cm³/mol. The number of amides is 2. The van der Waals surface area contributed by atoms with Crippen LogP contribution >= 0.6 is 0 Å². The fourth-order valence-corrected chi connectivity index (χ4v) is 3.63. The second-order valence-electron chi connectivity index (χ2n) is 6.81. The number of carboxylic acid groups (broad SMARTS) is 1. The Bertz CT molecular complexity index is 626. The van der Waals surface area contributed by atoms with Crippen molar-refractivity contribution in [2.75, 3.05) is 18.0 Å². The third kappa shape index (κ3) is 3.52. The third-order valence-electron chi connectivity index (χ3n) is 5.14. The maximum absolute atomic E-state index is 14.8. The maximum atomic E-state index is 14.8.